The molecule has 0 amide bonds. The molecule has 0 heterocycles. The Kier molecular flexibility index (Phi) is 9.28. The smallest absolute Gasteiger partial charge is 0.191 e. The van der Waals surface area contributed by atoms with E-state index in [2.05, 4.69) is 21.7 Å². The lowest BCUT2D eigenvalue weighted by atomic mass is 10.1. The minimum absolute atomic E-state index is 0.180. The Bertz CT molecular complexity index is 765. The molecule has 28 heavy (non-hydrogen) atoms. The van der Waals surface area contributed by atoms with Crippen LogP contribution >= 0.6 is 0 Å². The van der Waals surface area contributed by atoms with Crippen LogP contribution in [0.2, 0.25) is 0 Å². The van der Waals surface area contributed by atoms with E-state index in [0.717, 1.165) is 16.9 Å². The van der Waals surface area contributed by atoms with Crippen LogP contribution in [0.3, 0.4) is 0 Å². The van der Waals surface area contributed by atoms with Crippen LogP contribution in [0.4, 0.5) is 4.39 Å². The first-order chi connectivity index (χ1) is 13.6. The zero-order valence-electron chi connectivity index (χ0n) is 16.9. The van der Waals surface area contributed by atoms with Crippen molar-refractivity contribution in [2.75, 3.05) is 33.4 Å². The molecule has 0 atom stereocenters. The van der Waals surface area contributed by atoms with Crippen molar-refractivity contribution in [2.24, 2.45) is 4.99 Å². The van der Waals surface area contributed by atoms with E-state index in [9.17, 15) is 4.39 Å². The Hall–Kier alpha value is -2.60. The average molecular weight is 387 g/mol. The fraction of sp³-hybridized carbons (Fsp3) is 0.409. The van der Waals surface area contributed by atoms with Gasteiger partial charge in [0.1, 0.15) is 18.2 Å². The number of nitrogens with zero attached hydrogens (tertiary/aromatic N) is 1. The Labute approximate surface area is 167 Å². The summed E-state index contributed by atoms with van der Waals surface area (Å²) < 4.78 is 24.9. The third-order valence-electron chi connectivity index (χ3n) is 4.23. The number of rotatable bonds is 10. The Morgan fingerprint density at radius 1 is 1.07 bits per heavy atom. The quantitative estimate of drug-likeness (QED) is 0.372. The number of aliphatic imine (C=N–C) groups is 1. The topological polar surface area (TPSA) is 54.9 Å². The predicted molar refractivity (Wildman–Crippen MR) is 111 cm³/mol. The number of nitrogens with one attached hydrogen (secondary N) is 2. The number of aryl methyl sites for hydroxylation is 1. The highest BCUT2D eigenvalue weighted by Gasteiger charge is 2.07. The van der Waals surface area contributed by atoms with Crippen molar-refractivity contribution in [1.29, 1.82) is 0 Å². The zero-order valence-corrected chi connectivity index (χ0v) is 16.9. The summed E-state index contributed by atoms with van der Waals surface area (Å²) >= 11 is 0. The summed E-state index contributed by atoms with van der Waals surface area (Å²) in [6.07, 6.45) is 0.587. The van der Waals surface area contributed by atoms with E-state index in [-0.39, 0.29) is 5.82 Å². The van der Waals surface area contributed by atoms with Gasteiger partial charge < -0.3 is 20.1 Å². The summed E-state index contributed by atoms with van der Waals surface area (Å²) in [5, 5.41) is 6.50. The van der Waals surface area contributed by atoms with Crippen molar-refractivity contribution in [3.8, 4) is 5.75 Å². The molecule has 2 rings (SSSR count). The number of benzene rings is 2. The van der Waals surface area contributed by atoms with Gasteiger partial charge >= 0.3 is 0 Å². The number of ether oxygens (including phenoxy) is 2. The molecule has 0 radical (unpaired) electrons. The summed E-state index contributed by atoms with van der Waals surface area (Å²) in [5.41, 5.74) is 2.87. The van der Waals surface area contributed by atoms with Crippen LogP contribution in [-0.2, 0) is 17.7 Å². The van der Waals surface area contributed by atoms with Gasteiger partial charge in [-0.25, -0.2) is 4.39 Å². The normalized spacial score (nSPS) is 11.4. The second-order valence-corrected chi connectivity index (χ2v) is 6.35. The summed E-state index contributed by atoms with van der Waals surface area (Å²) in [7, 11) is 1.72. The molecule has 2 aromatic carbocycles. The average Bonchev–Trinajstić information content (AvgIpc) is 2.70. The molecule has 2 aromatic rings. The maximum absolute atomic E-state index is 13.7. The highest BCUT2D eigenvalue weighted by atomic mass is 19.1. The molecule has 0 aromatic heterocycles. The molecule has 2 N–H and O–H groups in total. The van der Waals surface area contributed by atoms with Crippen LogP contribution in [0.15, 0.2) is 47.5 Å². The highest BCUT2D eigenvalue weighted by molar-refractivity contribution is 5.79. The van der Waals surface area contributed by atoms with E-state index >= 15 is 0 Å². The van der Waals surface area contributed by atoms with Crippen molar-refractivity contribution < 1.29 is 13.9 Å². The molecule has 5 nitrogen and oxygen atoms in total. The highest BCUT2D eigenvalue weighted by Crippen LogP contribution is 2.20. The predicted octanol–water partition coefficient (Wildman–Crippen LogP) is 3.46. The second-order valence-electron chi connectivity index (χ2n) is 6.35. The molecule has 0 aliphatic heterocycles. The summed E-state index contributed by atoms with van der Waals surface area (Å²) in [6.45, 7) is 6.93. The van der Waals surface area contributed by atoms with Gasteiger partial charge in [0.25, 0.3) is 0 Å². The molecule has 0 aliphatic rings. The Balaban J connectivity index is 1.86. The molecule has 0 aliphatic carbocycles. The lowest BCUT2D eigenvalue weighted by molar-refractivity contribution is 0.110. The molecule has 0 spiro atoms. The van der Waals surface area contributed by atoms with Crippen LogP contribution < -0.4 is 15.4 Å². The van der Waals surface area contributed by atoms with Crippen LogP contribution in [0, 0.1) is 12.7 Å². The van der Waals surface area contributed by atoms with Gasteiger partial charge in [-0.2, -0.15) is 0 Å². The molecule has 152 valence electrons. The number of guanidine groups is 1. The van der Waals surface area contributed by atoms with Crippen LogP contribution in [0.25, 0.3) is 0 Å². The summed E-state index contributed by atoms with van der Waals surface area (Å²) in [6, 6.07) is 12.9. The molecular weight excluding hydrogens is 357 g/mol. The van der Waals surface area contributed by atoms with Gasteiger partial charge in [-0.3, -0.25) is 4.99 Å². The molecule has 0 unspecified atom stereocenters. The lowest BCUT2D eigenvalue weighted by Crippen LogP contribution is -2.38. The summed E-state index contributed by atoms with van der Waals surface area (Å²) in [4.78, 5) is 4.23. The Morgan fingerprint density at radius 3 is 2.64 bits per heavy atom. The van der Waals surface area contributed by atoms with Gasteiger partial charge in [-0.05, 0) is 43.5 Å². The van der Waals surface area contributed by atoms with Crippen molar-refractivity contribution in [3.63, 3.8) is 0 Å². The number of hydrogen-bond donors (Lipinski definition) is 2. The van der Waals surface area contributed by atoms with Crippen molar-refractivity contribution in [1.82, 2.24) is 10.6 Å². The molecular formula is C22H30FN3O2. The fourth-order valence-electron chi connectivity index (χ4n) is 2.71. The van der Waals surface area contributed by atoms with Gasteiger partial charge in [0, 0.05) is 32.3 Å². The van der Waals surface area contributed by atoms with E-state index in [1.165, 1.54) is 6.07 Å². The fourth-order valence-corrected chi connectivity index (χ4v) is 2.71. The molecule has 0 fully saturated rings. The maximum atomic E-state index is 13.7. The first kappa shape index (κ1) is 21.7. The third-order valence-corrected chi connectivity index (χ3v) is 4.23. The maximum Gasteiger partial charge on any atom is 0.191 e. The van der Waals surface area contributed by atoms with Crippen molar-refractivity contribution >= 4 is 5.96 Å². The van der Waals surface area contributed by atoms with Gasteiger partial charge in [-0.1, -0.05) is 30.3 Å². The van der Waals surface area contributed by atoms with Crippen LogP contribution in [0.1, 0.15) is 23.6 Å². The lowest BCUT2D eigenvalue weighted by Gasteiger charge is -2.15. The summed E-state index contributed by atoms with van der Waals surface area (Å²) in [5.74, 6) is 1.33. The number of halogens is 1. The van der Waals surface area contributed by atoms with Crippen molar-refractivity contribution in [2.45, 2.75) is 26.8 Å². The second kappa shape index (κ2) is 12.0. The zero-order chi connectivity index (χ0) is 20.2. The molecule has 0 bridgehead atoms. The van der Waals surface area contributed by atoms with E-state index < -0.39 is 0 Å². The van der Waals surface area contributed by atoms with E-state index in [0.29, 0.717) is 50.9 Å². The van der Waals surface area contributed by atoms with Gasteiger partial charge in [0.05, 0.1) is 6.61 Å². The van der Waals surface area contributed by atoms with Gasteiger partial charge in [-0.15, -0.1) is 0 Å². The van der Waals surface area contributed by atoms with E-state index in [4.69, 9.17) is 9.47 Å². The van der Waals surface area contributed by atoms with Crippen LogP contribution in [-0.4, -0.2) is 39.4 Å². The third kappa shape index (κ3) is 7.19. The minimum Gasteiger partial charge on any atom is -0.491 e. The van der Waals surface area contributed by atoms with Crippen molar-refractivity contribution in [3.05, 3.63) is 65.0 Å². The van der Waals surface area contributed by atoms with E-state index in [1.54, 1.807) is 19.2 Å². The standard InChI is InChI=1S/C22H30FN3O2/c1-4-27-13-14-28-21-15-17(2)9-10-19(21)16-26-22(24-3)25-12-11-18-7-5-6-8-20(18)23/h5-10,15H,4,11-14,16H2,1-3H3,(H2,24,25,26). The van der Waals surface area contributed by atoms with Crippen LogP contribution in [0.5, 0.6) is 5.75 Å². The molecule has 0 saturated heterocycles. The first-order valence-electron chi connectivity index (χ1n) is 9.62. The molecule has 0 saturated carbocycles. The first-order valence-corrected chi connectivity index (χ1v) is 9.62. The Morgan fingerprint density at radius 2 is 1.89 bits per heavy atom. The SMILES string of the molecule is CCOCCOc1cc(C)ccc1CNC(=NC)NCCc1ccccc1F. The minimum atomic E-state index is -0.180. The van der Waals surface area contributed by atoms with E-state index in [1.807, 2.05) is 32.0 Å². The largest absolute Gasteiger partial charge is 0.491 e. The monoisotopic (exact) mass is 387 g/mol. The number of hydrogen-bond acceptors (Lipinski definition) is 3. The van der Waals surface area contributed by atoms with Gasteiger partial charge in [0.2, 0.25) is 0 Å². The van der Waals surface area contributed by atoms with Gasteiger partial charge in [0.15, 0.2) is 5.96 Å². The molecule has 6 heteroatoms.